The fraction of sp³-hybridized carbons (Fsp3) is 0.333. The van der Waals surface area contributed by atoms with Gasteiger partial charge in [-0.2, -0.15) is 4.98 Å². The second-order valence-electron chi connectivity index (χ2n) is 5.22. The highest BCUT2D eigenvalue weighted by Gasteiger charge is 2.25. The molecule has 0 saturated carbocycles. The lowest BCUT2D eigenvalue weighted by Crippen LogP contribution is -2.11. The third-order valence-electron chi connectivity index (χ3n) is 3.09. The number of anilines is 2. The van der Waals surface area contributed by atoms with Crippen LogP contribution in [-0.2, 0) is 0 Å². The summed E-state index contributed by atoms with van der Waals surface area (Å²) in [6.07, 6.45) is 1.02. The zero-order valence-electron chi connectivity index (χ0n) is 13.0. The van der Waals surface area contributed by atoms with Gasteiger partial charge in [0, 0.05) is 5.69 Å². The predicted molar refractivity (Wildman–Crippen MR) is 83.6 cm³/mol. The summed E-state index contributed by atoms with van der Waals surface area (Å²) in [6, 6.07) is 5.69. The number of aryl methyl sites for hydroxylation is 2. The predicted octanol–water partition coefficient (Wildman–Crippen LogP) is 3.53. The van der Waals surface area contributed by atoms with Crippen LogP contribution in [0.5, 0.6) is 5.88 Å². The minimum Gasteiger partial charge on any atom is -0.470 e. The van der Waals surface area contributed by atoms with Crippen LogP contribution < -0.4 is 10.1 Å². The molecule has 1 N–H and O–H groups in total. The highest BCUT2D eigenvalue weighted by atomic mass is 16.6. The Balaban J connectivity index is 2.41. The monoisotopic (exact) mass is 302 g/mol. The molecule has 2 aromatic rings. The van der Waals surface area contributed by atoms with Crippen molar-refractivity contribution in [3.05, 3.63) is 45.8 Å². The Morgan fingerprint density at radius 2 is 1.95 bits per heavy atom. The summed E-state index contributed by atoms with van der Waals surface area (Å²) >= 11 is 0. The molecule has 22 heavy (non-hydrogen) atoms. The second-order valence-corrected chi connectivity index (χ2v) is 5.22. The third-order valence-corrected chi connectivity index (χ3v) is 3.09. The smallest absolute Gasteiger partial charge is 0.373 e. The van der Waals surface area contributed by atoms with E-state index >= 15 is 0 Å². The number of ether oxygens (including phenoxy) is 1. The van der Waals surface area contributed by atoms with Gasteiger partial charge in [0.15, 0.2) is 0 Å². The van der Waals surface area contributed by atoms with Gasteiger partial charge >= 0.3 is 5.69 Å². The van der Waals surface area contributed by atoms with Gasteiger partial charge in [0.05, 0.1) is 11.0 Å². The Morgan fingerprint density at radius 3 is 2.55 bits per heavy atom. The Hall–Kier alpha value is -2.70. The molecule has 0 amide bonds. The summed E-state index contributed by atoms with van der Waals surface area (Å²) < 4.78 is 5.40. The van der Waals surface area contributed by atoms with Gasteiger partial charge in [-0.05, 0) is 51.0 Å². The Kier molecular flexibility index (Phi) is 4.55. The van der Waals surface area contributed by atoms with Crippen molar-refractivity contribution < 1.29 is 9.66 Å². The average Bonchev–Trinajstić information content (AvgIpc) is 2.42. The van der Waals surface area contributed by atoms with Gasteiger partial charge < -0.3 is 10.1 Å². The van der Waals surface area contributed by atoms with E-state index in [1.807, 2.05) is 32.0 Å². The molecule has 0 aliphatic heterocycles. The van der Waals surface area contributed by atoms with E-state index in [-0.39, 0.29) is 23.5 Å². The van der Waals surface area contributed by atoms with Crippen LogP contribution in [0.3, 0.4) is 0 Å². The lowest BCUT2D eigenvalue weighted by molar-refractivity contribution is -0.385. The van der Waals surface area contributed by atoms with E-state index in [2.05, 4.69) is 15.3 Å². The van der Waals surface area contributed by atoms with Crippen LogP contribution in [0.25, 0.3) is 0 Å². The van der Waals surface area contributed by atoms with Gasteiger partial charge in [0.25, 0.3) is 5.88 Å². The molecule has 0 fully saturated rings. The molecule has 0 radical (unpaired) electrons. The molecule has 0 atom stereocenters. The molecule has 7 nitrogen and oxygen atoms in total. The molecule has 116 valence electrons. The molecule has 0 aliphatic rings. The SMILES string of the molecule is Cc1ccc(Nc2ncnc(OC(C)C)c2[N+](=O)[O-])cc1C. The molecule has 0 unspecified atom stereocenters. The highest BCUT2D eigenvalue weighted by molar-refractivity contribution is 5.69. The quantitative estimate of drug-likeness (QED) is 0.671. The molecule has 7 heteroatoms. The normalized spacial score (nSPS) is 10.6. The van der Waals surface area contributed by atoms with E-state index in [1.165, 1.54) is 6.33 Å². The van der Waals surface area contributed by atoms with Crippen LogP contribution in [0.1, 0.15) is 25.0 Å². The number of hydrogen-bond acceptors (Lipinski definition) is 6. The van der Waals surface area contributed by atoms with Crippen LogP contribution in [0.2, 0.25) is 0 Å². The molecule has 1 aromatic heterocycles. The fourth-order valence-corrected chi connectivity index (χ4v) is 1.88. The van der Waals surface area contributed by atoms with Crippen molar-refractivity contribution in [2.24, 2.45) is 0 Å². The minimum atomic E-state index is -0.541. The number of nitrogens with zero attached hydrogens (tertiary/aromatic N) is 3. The molecule has 1 heterocycles. The number of hydrogen-bond donors (Lipinski definition) is 1. The van der Waals surface area contributed by atoms with E-state index in [0.717, 1.165) is 16.8 Å². The zero-order chi connectivity index (χ0) is 16.3. The first kappa shape index (κ1) is 15.7. The largest absolute Gasteiger partial charge is 0.470 e. The van der Waals surface area contributed by atoms with Gasteiger partial charge in [-0.1, -0.05) is 6.07 Å². The molecule has 0 spiro atoms. The number of benzene rings is 1. The minimum absolute atomic E-state index is 0.0404. The van der Waals surface area contributed by atoms with E-state index in [1.54, 1.807) is 13.8 Å². The van der Waals surface area contributed by atoms with E-state index in [0.29, 0.717) is 0 Å². The summed E-state index contributed by atoms with van der Waals surface area (Å²) in [5.74, 6) is 0.0697. The number of nitro groups is 1. The summed E-state index contributed by atoms with van der Waals surface area (Å²) in [4.78, 5) is 18.6. The lowest BCUT2D eigenvalue weighted by Gasteiger charge is -2.12. The van der Waals surface area contributed by atoms with Crippen molar-refractivity contribution >= 4 is 17.2 Å². The van der Waals surface area contributed by atoms with Crippen LogP contribution in [0.15, 0.2) is 24.5 Å². The van der Waals surface area contributed by atoms with Gasteiger partial charge in [0.1, 0.15) is 6.33 Å². The van der Waals surface area contributed by atoms with Crippen LogP contribution in [0, 0.1) is 24.0 Å². The maximum atomic E-state index is 11.3. The molecule has 0 saturated heterocycles. The summed E-state index contributed by atoms with van der Waals surface area (Å²) in [6.45, 7) is 7.54. The first-order valence-electron chi connectivity index (χ1n) is 6.88. The molecule has 0 bridgehead atoms. The third kappa shape index (κ3) is 3.49. The summed E-state index contributed by atoms with van der Waals surface area (Å²) in [5, 5.41) is 14.3. The average molecular weight is 302 g/mol. The molecular weight excluding hydrogens is 284 g/mol. The Morgan fingerprint density at radius 1 is 1.23 bits per heavy atom. The van der Waals surface area contributed by atoms with Crippen molar-refractivity contribution in [1.82, 2.24) is 9.97 Å². The standard InChI is InChI=1S/C15H18N4O3/c1-9(2)22-15-13(19(20)21)14(16-8-17-15)18-12-6-5-10(3)11(4)7-12/h5-9H,1-4H3,(H,16,17,18). The number of rotatable bonds is 5. The molecular formula is C15H18N4O3. The highest BCUT2D eigenvalue weighted by Crippen LogP contribution is 2.33. The maximum absolute atomic E-state index is 11.3. The Labute approximate surface area is 128 Å². The van der Waals surface area contributed by atoms with E-state index < -0.39 is 4.92 Å². The molecule has 0 aliphatic carbocycles. The van der Waals surface area contributed by atoms with Crippen LogP contribution >= 0.6 is 0 Å². The van der Waals surface area contributed by atoms with Gasteiger partial charge in [-0.15, -0.1) is 0 Å². The molecule has 2 rings (SSSR count). The fourth-order valence-electron chi connectivity index (χ4n) is 1.88. The maximum Gasteiger partial charge on any atom is 0.373 e. The van der Waals surface area contributed by atoms with Crippen molar-refractivity contribution in [3.8, 4) is 5.88 Å². The van der Waals surface area contributed by atoms with Gasteiger partial charge in [0.2, 0.25) is 5.82 Å². The first-order chi connectivity index (χ1) is 10.4. The first-order valence-corrected chi connectivity index (χ1v) is 6.88. The lowest BCUT2D eigenvalue weighted by atomic mass is 10.1. The van der Waals surface area contributed by atoms with Crippen molar-refractivity contribution in [1.29, 1.82) is 0 Å². The summed E-state index contributed by atoms with van der Waals surface area (Å²) in [5.41, 5.74) is 2.68. The second kappa shape index (κ2) is 6.38. The van der Waals surface area contributed by atoms with Crippen LogP contribution in [0.4, 0.5) is 17.2 Å². The van der Waals surface area contributed by atoms with Crippen molar-refractivity contribution in [3.63, 3.8) is 0 Å². The number of aromatic nitrogens is 2. The van der Waals surface area contributed by atoms with Gasteiger partial charge in [-0.25, -0.2) is 4.98 Å². The van der Waals surface area contributed by atoms with Crippen LogP contribution in [-0.4, -0.2) is 21.0 Å². The summed E-state index contributed by atoms with van der Waals surface area (Å²) in [7, 11) is 0. The van der Waals surface area contributed by atoms with E-state index in [4.69, 9.17) is 4.74 Å². The van der Waals surface area contributed by atoms with Crippen molar-refractivity contribution in [2.75, 3.05) is 5.32 Å². The Bertz CT molecular complexity index is 701. The zero-order valence-corrected chi connectivity index (χ0v) is 13.0. The van der Waals surface area contributed by atoms with Gasteiger partial charge in [-0.3, -0.25) is 10.1 Å². The topological polar surface area (TPSA) is 90.2 Å². The number of nitrogens with one attached hydrogen (secondary N) is 1. The molecule has 1 aromatic carbocycles. The van der Waals surface area contributed by atoms with Crippen molar-refractivity contribution in [2.45, 2.75) is 33.8 Å². The van der Waals surface area contributed by atoms with E-state index in [9.17, 15) is 10.1 Å².